The van der Waals surface area contributed by atoms with Crippen LogP contribution in [-0.2, 0) is 13.0 Å². The maximum atomic E-state index is 13.3. The van der Waals surface area contributed by atoms with Gasteiger partial charge in [0.1, 0.15) is 11.9 Å². The molecule has 0 atom stereocenters. The van der Waals surface area contributed by atoms with Gasteiger partial charge in [-0.05, 0) is 29.7 Å². The summed E-state index contributed by atoms with van der Waals surface area (Å²) in [7, 11) is 0. The Bertz CT molecular complexity index is 663. The van der Waals surface area contributed by atoms with Gasteiger partial charge in [0.15, 0.2) is 11.5 Å². The second-order valence-corrected chi connectivity index (χ2v) is 4.42. The number of hydrogen-bond donors (Lipinski definition) is 0. The number of anilines is 1. The molecule has 0 aliphatic carbocycles. The Morgan fingerprint density at radius 3 is 2.89 bits per heavy atom. The summed E-state index contributed by atoms with van der Waals surface area (Å²) < 4.78 is 13.3. The molecule has 4 nitrogen and oxygen atoms in total. The van der Waals surface area contributed by atoms with Crippen molar-refractivity contribution in [2.45, 2.75) is 13.0 Å². The first-order valence-electron chi connectivity index (χ1n) is 6.01. The van der Waals surface area contributed by atoms with E-state index in [0.29, 0.717) is 18.1 Å². The van der Waals surface area contributed by atoms with Crippen molar-refractivity contribution in [1.29, 1.82) is 5.26 Å². The molecular weight excluding hydrogens is 243 g/mol. The van der Waals surface area contributed by atoms with Crippen molar-refractivity contribution in [3.05, 3.63) is 53.2 Å². The number of nitriles is 1. The molecule has 0 N–H and O–H groups in total. The van der Waals surface area contributed by atoms with E-state index in [1.807, 2.05) is 17.0 Å². The maximum absolute atomic E-state index is 13.3. The topological polar surface area (TPSA) is 52.8 Å². The largest absolute Gasteiger partial charge is 0.350 e. The van der Waals surface area contributed by atoms with E-state index < -0.39 is 0 Å². The molecule has 2 aromatic rings. The minimum absolute atomic E-state index is 0.236. The molecule has 1 aliphatic rings. The molecule has 1 aromatic carbocycles. The van der Waals surface area contributed by atoms with Gasteiger partial charge in [-0.3, -0.25) is 0 Å². The third-order valence-electron chi connectivity index (χ3n) is 3.26. The van der Waals surface area contributed by atoms with E-state index in [1.165, 1.54) is 12.3 Å². The third-order valence-corrected chi connectivity index (χ3v) is 3.26. The monoisotopic (exact) mass is 254 g/mol. The highest BCUT2D eigenvalue weighted by Gasteiger charge is 2.20. The molecule has 1 aromatic heterocycles. The summed E-state index contributed by atoms with van der Waals surface area (Å²) >= 11 is 0. The van der Waals surface area contributed by atoms with Crippen molar-refractivity contribution in [3.8, 4) is 6.07 Å². The van der Waals surface area contributed by atoms with E-state index in [4.69, 9.17) is 5.26 Å². The van der Waals surface area contributed by atoms with Crippen LogP contribution in [0, 0.1) is 17.1 Å². The molecule has 0 spiro atoms. The smallest absolute Gasteiger partial charge is 0.183 e. The van der Waals surface area contributed by atoms with Crippen LogP contribution in [0.1, 0.15) is 16.8 Å². The first kappa shape index (κ1) is 11.6. The fourth-order valence-electron chi connectivity index (χ4n) is 2.35. The Morgan fingerprint density at radius 1 is 1.21 bits per heavy atom. The van der Waals surface area contributed by atoms with Crippen LogP contribution in [0.15, 0.2) is 30.6 Å². The van der Waals surface area contributed by atoms with Gasteiger partial charge in [0.25, 0.3) is 0 Å². The number of rotatable bonds is 1. The van der Waals surface area contributed by atoms with Crippen molar-refractivity contribution < 1.29 is 4.39 Å². The summed E-state index contributed by atoms with van der Waals surface area (Å²) in [5.41, 5.74) is 2.41. The minimum atomic E-state index is -0.236. The van der Waals surface area contributed by atoms with Gasteiger partial charge in [-0.15, -0.1) is 0 Å². The Labute approximate surface area is 110 Å². The molecule has 94 valence electrons. The van der Waals surface area contributed by atoms with E-state index in [0.717, 1.165) is 24.1 Å². The number of halogens is 1. The standard InChI is InChI=1S/C14H11FN4/c15-12-2-1-10-3-6-19(9-11(10)7-12)14-13(8-16)17-4-5-18-14/h1-2,4-5,7H,3,6,9H2. The summed E-state index contributed by atoms with van der Waals surface area (Å²) in [6, 6.07) is 6.89. The van der Waals surface area contributed by atoms with Gasteiger partial charge in [-0.1, -0.05) is 6.07 Å². The van der Waals surface area contributed by atoms with Crippen molar-refractivity contribution in [2.75, 3.05) is 11.4 Å². The van der Waals surface area contributed by atoms with Crippen molar-refractivity contribution >= 4 is 5.82 Å². The summed E-state index contributed by atoms with van der Waals surface area (Å²) in [5, 5.41) is 9.05. The number of fused-ring (bicyclic) bond motifs is 1. The van der Waals surface area contributed by atoms with Crippen LogP contribution >= 0.6 is 0 Å². The average Bonchev–Trinajstić information content (AvgIpc) is 2.46. The van der Waals surface area contributed by atoms with E-state index >= 15 is 0 Å². The molecule has 0 amide bonds. The lowest BCUT2D eigenvalue weighted by molar-refractivity contribution is 0.618. The number of benzene rings is 1. The first-order valence-corrected chi connectivity index (χ1v) is 6.01. The van der Waals surface area contributed by atoms with Crippen LogP contribution in [0.3, 0.4) is 0 Å². The third kappa shape index (κ3) is 2.13. The lowest BCUT2D eigenvalue weighted by Gasteiger charge is -2.29. The van der Waals surface area contributed by atoms with Crippen LogP contribution < -0.4 is 4.90 Å². The molecule has 2 heterocycles. The highest BCUT2D eigenvalue weighted by Crippen LogP contribution is 2.24. The van der Waals surface area contributed by atoms with E-state index in [2.05, 4.69) is 9.97 Å². The highest BCUT2D eigenvalue weighted by atomic mass is 19.1. The predicted molar refractivity (Wildman–Crippen MR) is 67.9 cm³/mol. The lowest BCUT2D eigenvalue weighted by Crippen LogP contribution is -2.31. The zero-order valence-electron chi connectivity index (χ0n) is 10.2. The number of hydrogen-bond acceptors (Lipinski definition) is 4. The molecule has 0 unspecified atom stereocenters. The second-order valence-electron chi connectivity index (χ2n) is 4.42. The van der Waals surface area contributed by atoms with Gasteiger partial charge in [0.05, 0.1) is 0 Å². The van der Waals surface area contributed by atoms with Gasteiger partial charge in [0, 0.05) is 25.5 Å². The van der Waals surface area contributed by atoms with Crippen molar-refractivity contribution in [1.82, 2.24) is 9.97 Å². The van der Waals surface area contributed by atoms with Crippen LogP contribution in [0.5, 0.6) is 0 Å². The van der Waals surface area contributed by atoms with Crippen LogP contribution in [0.4, 0.5) is 10.2 Å². The fraction of sp³-hybridized carbons (Fsp3) is 0.214. The number of aromatic nitrogens is 2. The normalized spacial score (nSPS) is 13.8. The van der Waals surface area contributed by atoms with E-state index in [-0.39, 0.29) is 5.82 Å². The fourth-order valence-corrected chi connectivity index (χ4v) is 2.35. The molecule has 0 radical (unpaired) electrons. The van der Waals surface area contributed by atoms with Gasteiger partial charge in [-0.2, -0.15) is 5.26 Å². The molecule has 0 bridgehead atoms. The Morgan fingerprint density at radius 2 is 2.05 bits per heavy atom. The lowest BCUT2D eigenvalue weighted by atomic mass is 9.99. The van der Waals surface area contributed by atoms with E-state index in [9.17, 15) is 4.39 Å². The summed E-state index contributed by atoms with van der Waals surface area (Å²) in [4.78, 5) is 10.2. The highest BCUT2D eigenvalue weighted by molar-refractivity contribution is 5.51. The molecule has 0 saturated heterocycles. The summed E-state index contributed by atoms with van der Waals surface area (Å²) in [5.74, 6) is 0.333. The molecule has 0 saturated carbocycles. The minimum Gasteiger partial charge on any atom is -0.350 e. The van der Waals surface area contributed by atoms with Gasteiger partial charge in [0.2, 0.25) is 0 Å². The molecule has 3 rings (SSSR count). The average molecular weight is 254 g/mol. The Hall–Kier alpha value is -2.48. The summed E-state index contributed by atoms with van der Waals surface area (Å²) in [6.07, 6.45) is 3.88. The predicted octanol–water partition coefficient (Wildman–Crippen LogP) is 2.05. The quantitative estimate of drug-likeness (QED) is 0.781. The second kappa shape index (κ2) is 4.65. The Kier molecular flexibility index (Phi) is 2.84. The van der Waals surface area contributed by atoms with Gasteiger partial charge in [-0.25, -0.2) is 14.4 Å². The molecule has 19 heavy (non-hydrogen) atoms. The zero-order chi connectivity index (χ0) is 13.2. The zero-order valence-corrected chi connectivity index (χ0v) is 10.2. The van der Waals surface area contributed by atoms with Crippen molar-refractivity contribution in [3.63, 3.8) is 0 Å². The number of nitrogens with zero attached hydrogens (tertiary/aromatic N) is 4. The Balaban J connectivity index is 1.96. The van der Waals surface area contributed by atoms with Crippen LogP contribution in [0.25, 0.3) is 0 Å². The molecule has 1 aliphatic heterocycles. The van der Waals surface area contributed by atoms with Gasteiger partial charge >= 0.3 is 0 Å². The van der Waals surface area contributed by atoms with Crippen molar-refractivity contribution in [2.24, 2.45) is 0 Å². The van der Waals surface area contributed by atoms with Crippen LogP contribution in [-0.4, -0.2) is 16.5 Å². The van der Waals surface area contributed by atoms with Gasteiger partial charge < -0.3 is 4.90 Å². The van der Waals surface area contributed by atoms with E-state index in [1.54, 1.807) is 12.3 Å². The maximum Gasteiger partial charge on any atom is 0.183 e. The molecular formula is C14H11FN4. The molecule has 0 fully saturated rings. The SMILES string of the molecule is N#Cc1nccnc1N1CCc2ccc(F)cc2C1. The molecule has 5 heteroatoms. The first-order chi connectivity index (χ1) is 9.28. The van der Waals surface area contributed by atoms with Crippen LogP contribution in [0.2, 0.25) is 0 Å². The summed E-state index contributed by atoms with van der Waals surface area (Å²) in [6.45, 7) is 1.31.